The number of halogens is 2. The predicted molar refractivity (Wildman–Crippen MR) is 94.8 cm³/mol. The van der Waals surface area contributed by atoms with E-state index in [0.717, 1.165) is 13.1 Å². The number of hydrogen-bond acceptors (Lipinski definition) is 3. The Morgan fingerprint density at radius 1 is 1.10 bits per heavy atom. The number of carbonyl (C=O) groups is 1. The molecule has 6 heteroatoms. The van der Waals surface area contributed by atoms with Gasteiger partial charge in [0.1, 0.15) is 0 Å². The van der Waals surface area contributed by atoms with E-state index in [1.165, 1.54) is 38.5 Å². The van der Waals surface area contributed by atoms with Gasteiger partial charge in [0.2, 0.25) is 5.91 Å². The van der Waals surface area contributed by atoms with E-state index in [2.05, 4.69) is 24.5 Å². The molecule has 21 heavy (non-hydrogen) atoms. The van der Waals surface area contributed by atoms with Crippen LogP contribution in [0.4, 0.5) is 0 Å². The summed E-state index contributed by atoms with van der Waals surface area (Å²) in [7, 11) is 1.98. The molecule has 0 aromatic heterocycles. The third-order valence-corrected chi connectivity index (χ3v) is 4.01. The minimum absolute atomic E-state index is 0. The minimum Gasteiger partial charge on any atom is -0.354 e. The van der Waals surface area contributed by atoms with Crippen LogP contribution < -0.4 is 10.6 Å². The molecule has 1 fully saturated rings. The Balaban J connectivity index is 0. The summed E-state index contributed by atoms with van der Waals surface area (Å²) in [5.74, 6) is 0.124. The molecule has 0 aromatic rings. The Labute approximate surface area is 142 Å². The van der Waals surface area contributed by atoms with Crippen LogP contribution in [0.1, 0.15) is 52.4 Å². The van der Waals surface area contributed by atoms with Gasteiger partial charge in [-0.3, -0.25) is 9.69 Å². The van der Waals surface area contributed by atoms with E-state index in [0.29, 0.717) is 18.6 Å². The van der Waals surface area contributed by atoms with Gasteiger partial charge in [-0.2, -0.15) is 0 Å². The number of amides is 1. The molecule has 1 amide bonds. The van der Waals surface area contributed by atoms with Crippen molar-refractivity contribution in [1.29, 1.82) is 0 Å². The zero-order chi connectivity index (χ0) is 14.1. The fraction of sp³-hybridized carbons (Fsp3) is 0.933. The smallest absolute Gasteiger partial charge is 0.234 e. The second-order valence-electron chi connectivity index (χ2n) is 6.00. The fourth-order valence-electron chi connectivity index (χ4n) is 2.43. The van der Waals surface area contributed by atoms with E-state index in [4.69, 9.17) is 0 Å². The van der Waals surface area contributed by atoms with Crippen molar-refractivity contribution in [3.05, 3.63) is 0 Å². The number of carbonyl (C=O) groups excluding carboxylic acids is 1. The van der Waals surface area contributed by atoms with Crippen LogP contribution in [0, 0.1) is 0 Å². The Morgan fingerprint density at radius 3 is 2.19 bits per heavy atom. The predicted octanol–water partition coefficient (Wildman–Crippen LogP) is 2.60. The summed E-state index contributed by atoms with van der Waals surface area (Å²) in [5, 5.41) is 6.55. The molecule has 0 spiro atoms. The molecular formula is C15H33Cl2N3O. The summed E-state index contributed by atoms with van der Waals surface area (Å²) in [6, 6.07) is 1.08. The lowest BCUT2D eigenvalue weighted by molar-refractivity contribution is -0.122. The van der Waals surface area contributed by atoms with Crippen molar-refractivity contribution in [2.24, 2.45) is 0 Å². The molecule has 4 nitrogen and oxygen atoms in total. The van der Waals surface area contributed by atoms with E-state index in [-0.39, 0.29) is 30.7 Å². The number of hydrogen-bond donors (Lipinski definition) is 2. The average Bonchev–Trinajstić information content (AvgIpc) is 2.63. The number of nitrogens with zero attached hydrogens (tertiary/aromatic N) is 1. The summed E-state index contributed by atoms with van der Waals surface area (Å²) in [4.78, 5) is 13.7. The van der Waals surface area contributed by atoms with Crippen LogP contribution in [0.3, 0.4) is 0 Å². The van der Waals surface area contributed by atoms with Gasteiger partial charge in [-0.1, -0.05) is 25.7 Å². The van der Waals surface area contributed by atoms with Crippen molar-refractivity contribution in [3.8, 4) is 0 Å². The first-order valence-corrected chi connectivity index (χ1v) is 7.80. The molecule has 128 valence electrons. The van der Waals surface area contributed by atoms with Crippen molar-refractivity contribution < 1.29 is 4.79 Å². The fourth-order valence-corrected chi connectivity index (χ4v) is 2.43. The maximum atomic E-state index is 11.7. The molecule has 1 aliphatic rings. The van der Waals surface area contributed by atoms with Crippen LogP contribution in [0.15, 0.2) is 0 Å². The summed E-state index contributed by atoms with van der Waals surface area (Å²) in [5.41, 5.74) is 0. The van der Waals surface area contributed by atoms with E-state index in [1.807, 2.05) is 11.9 Å². The summed E-state index contributed by atoms with van der Waals surface area (Å²) in [6.45, 7) is 6.31. The van der Waals surface area contributed by atoms with E-state index < -0.39 is 0 Å². The Morgan fingerprint density at radius 2 is 1.67 bits per heavy atom. The van der Waals surface area contributed by atoms with Gasteiger partial charge in [0.15, 0.2) is 0 Å². The number of rotatable bonds is 7. The molecule has 0 heterocycles. The third-order valence-electron chi connectivity index (χ3n) is 4.01. The lowest BCUT2D eigenvalue weighted by Gasteiger charge is -2.20. The quantitative estimate of drug-likeness (QED) is 0.552. The highest BCUT2D eigenvalue weighted by molar-refractivity contribution is 5.85. The first-order valence-electron chi connectivity index (χ1n) is 7.80. The van der Waals surface area contributed by atoms with Crippen LogP contribution in [0.25, 0.3) is 0 Å². The van der Waals surface area contributed by atoms with Crippen LogP contribution >= 0.6 is 24.8 Å². The average molecular weight is 342 g/mol. The van der Waals surface area contributed by atoms with Crippen molar-refractivity contribution in [2.75, 3.05) is 26.7 Å². The highest BCUT2D eigenvalue weighted by Gasteiger charge is 2.11. The molecule has 0 saturated heterocycles. The largest absolute Gasteiger partial charge is 0.354 e. The van der Waals surface area contributed by atoms with Gasteiger partial charge < -0.3 is 10.6 Å². The Kier molecular flexibility index (Phi) is 15.1. The van der Waals surface area contributed by atoms with Gasteiger partial charge >= 0.3 is 0 Å². The van der Waals surface area contributed by atoms with Gasteiger partial charge in [-0.25, -0.2) is 0 Å². The highest BCUT2D eigenvalue weighted by Crippen LogP contribution is 2.16. The standard InChI is InChI=1S/C15H31N3O.2ClH/c1-13(2)18(3)12-15(19)17-11-10-16-14-8-6-4-5-7-9-14;;/h13-14,16H,4-12H2,1-3H3,(H,17,19);2*1H. The topological polar surface area (TPSA) is 44.4 Å². The molecule has 0 radical (unpaired) electrons. The third kappa shape index (κ3) is 11.2. The monoisotopic (exact) mass is 341 g/mol. The molecule has 0 atom stereocenters. The van der Waals surface area contributed by atoms with Crippen molar-refractivity contribution >= 4 is 30.7 Å². The summed E-state index contributed by atoms with van der Waals surface area (Å²) >= 11 is 0. The van der Waals surface area contributed by atoms with Gasteiger partial charge in [-0.05, 0) is 33.7 Å². The second-order valence-corrected chi connectivity index (χ2v) is 6.00. The maximum Gasteiger partial charge on any atom is 0.234 e. The minimum atomic E-state index is 0. The lowest BCUT2D eigenvalue weighted by atomic mass is 10.1. The van der Waals surface area contributed by atoms with Crippen LogP contribution in [-0.2, 0) is 4.79 Å². The number of likely N-dealkylation sites (N-methyl/N-ethyl adjacent to an activating group) is 1. The molecule has 0 unspecified atom stereocenters. The van der Waals surface area contributed by atoms with Crippen molar-refractivity contribution in [2.45, 2.75) is 64.5 Å². The molecule has 0 bridgehead atoms. The second kappa shape index (κ2) is 13.6. The number of nitrogens with one attached hydrogen (secondary N) is 2. The molecule has 0 aliphatic heterocycles. The summed E-state index contributed by atoms with van der Waals surface area (Å²) in [6.07, 6.45) is 8.06. The normalized spacial score (nSPS) is 16.0. The summed E-state index contributed by atoms with van der Waals surface area (Å²) < 4.78 is 0. The van der Waals surface area contributed by atoms with Crippen molar-refractivity contribution in [1.82, 2.24) is 15.5 Å². The first-order chi connectivity index (χ1) is 9.09. The van der Waals surface area contributed by atoms with Crippen LogP contribution in [0.5, 0.6) is 0 Å². The van der Waals surface area contributed by atoms with E-state index in [9.17, 15) is 4.79 Å². The molecule has 1 rings (SSSR count). The lowest BCUT2D eigenvalue weighted by Crippen LogP contribution is -2.42. The molecule has 1 aliphatic carbocycles. The molecular weight excluding hydrogens is 309 g/mol. The van der Waals surface area contributed by atoms with Gasteiger partial charge in [0.25, 0.3) is 0 Å². The van der Waals surface area contributed by atoms with Crippen LogP contribution in [-0.4, -0.2) is 49.6 Å². The molecule has 0 aromatic carbocycles. The van der Waals surface area contributed by atoms with E-state index in [1.54, 1.807) is 0 Å². The van der Waals surface area contributed by atoms with Gasteiger partial charge in [0.05, 0.1) is 6.54 Å². The SMILES string of the molecule is CC(C)N(C)CC(=O)NCCNC1CCCCCC1.Cl.Cl. The highest BCUT2D eigenvalue weighted by atomic mass is 35.5. The first kappa shape index (κ1) is 23.2. The Hall–Kier alpha value is -0.0300. The maximum absolute atomic E-state index is 11.7. The Bertz CT molecular complexity index is 257. The molecule has 2 N–H and O–H groups in total. The van der Waals surface area contributed by atoms with Crippen LogP contribution in [0.2, 0.25) is 0 Å². The van der Waals surface area contributed by atoms with Gasteiger partial charge in [-0.15, -0.1) is 24.8 Å². The zero-order valence-corrected chi connectivity index (χ0v) is 15.3. The van der Waals surface area contributed by atoms with Gasteiger partial charge in [0, 0.05) is 25.2 Å². The zero-order valence-electron chi connectivity index (χ0n) is 13.7. The van der Waals surface area contributed by atoms with E-state index >= 15 is 0 Å². The van der Waals surface area contributed by atoms with Crippen molar-refractivity contribution in [3.63, 3.8) is 0 Å². The molecule has 1 saturated carbocycles.